The Morgan fingerprint density at radius 1 is 0.302 bits per heavy atom. The predicted octanol–water partition coefficient (Wildman–Crippen LogP) is 21.7. The monoisotopic (exact) mass is 1400 g/mol. The van der Waals surface area contributed by atoms with Crippen molar-refractivity contribution in [2.45, 2.75) is 354 Å². The number of unbranched alkanes of at least 4 members (excludes halogenated alkanes) is 34. The van der Waals surface area contributed by atoms with Crippen LogP contribution in [0.2, 0.25) is 0 Å². The molecule has 0 heterocycles. The molecule has 19 heteroatoms. The van der Waals surface area contributed by atoms with E-state index in [1.54, 1.807) is 0 Å². The van der Waals surface area contributed by atoms with Crippen molar-refractivity contribution in [2.75, 3.05) is 39.6 Å². The molecule has 0 radical (unpaired) electrons. The van der Waals surface area contributed by atoms with Crippen LogP contribution >= 0.6 is 15.6 Å². The van der Waals surface area contributed by atoms with Crippen molar-refractivity contribution in [2.24, 2.45) is 0 Å². The molecule has 0 aromatic rings. The van der Waals surface area contributed by atoms with Crippen LogP contribution in [0, 0.1) is 0 Å². The van der Waals surface area contributed by atoms with Crippen LogP contribution in [0.5, 0.6) is 0 Å². The number of carbonyl (C=O) groups excluding carboxylic acids is 4. The first kappa shape index (κ1) is 92.5. The largest absolute Gasteiger partial charge is 0.472 e. The minimum Gasteiger partial charge on any atom is -0.462 e. The van der Waals surface area contributed by atoms with Crippen molar-refractivity contribution in [1.82, 2.24) is 0 Å². The van der Waals surface area contributed by atoms with Gasteiger partial charge in [-0.2, -0.15) is 0 Å². The van der Waals surface area contributed by atoms with Gasteiger partial charge in [0.05, 0.1) is 26.4 Å². The van der Waals surface area contributed by atoms with Gasteiger partial charge in [-0.05, 0) is 96.3 Å². The number of ether oxygens (including phenoxy) is 4. The van der Waals surface area contributed by atoms with Gasteiger partial charge in [0, 0.05) is 25.7 Å². The SMILES string of the molecule is CC/C=C\C/C=C\C/C=C\C/C=C\CCCCCCCCC(=O)OCC(COP(=O)(O)OCC(O)COP(=O)(O)OCC(COC(=O)CCCCCCCCCCCCC)OC(=O)CCCCCCCCCCCCC)OC(=O)CCCCCCC/C=C\C/C=C\CCCCC. The molecule has 0 aromatic heterocycles. The normalized spacial score (nSPS) is 14.4. The zero-order chi connectivity index (χ0) is 70.4. The molecule has 0 aliphatic rings. The van der Waals surface area contributed by atoms with E-state index in [4.69, 9.17) is 37.0 Å². The summed E-state index contributed by atoms with van der Waals surface area (Å²) >= 11 is 0. The second-order valence-corrected chi connectivity index (χ2v) is 28.5. The molecule has 5 atom stereocenters. The molecule has 0 aliphatic carbocycles. The molecule has 17 nitrogen and oxygen atoms in total. The summed E-state index contributed by atoms with van der Waals surface area (Å²) in [7, 11) is -9.94. The highest BCUT2D eigenvalue weighted by atomic mass is 31.2. The van der Waals surface area contributed by atoms with Crippen molar-refractivity contribution < 1.29 is 80.2 Å². The molecule has 0 saturated carbocycles. The van der Waals surface area contributed by atoms with Gasteiger partial charge in [0.25, 0.3) is 0 Å². The van der Waals surface area contributed by atoms with Crippen molar-refractivity contribution >= 4 is 39.5 Å². The summed E-state index contributed by atoms with van der Waals surface area (Å²) in [5.74, 6) is -2.18. The van der Waals surface area contributed by atoms with Crippen molar-refractivity contribution in [3.63, 3.8) is 0 Å². The molecule has 0 amide bonds. The Labute approximate surface area is 583 Å². The summed E-state index contributed by atoms with van der Waals surface area (Å²) in [6.07, 6.45) is 68.9. The Hall–Kier alpha value is -3.50. The lowest BCUT2D eigenvalue weighted by Gasteiger charge is -2.21. The number of phosphoric ester groups is 2. The third-order valence-electron chi connectivity index (χ3n) is 16.2. The molecule has 0 aromatic carbocycles. The highest BCUT2D eigenvalue weighted by Crippen LogP contribution is 2.45. The molecule has 3 N–H and O–H groups in total. The first-order valence-corrected chi connectivity index (χ1v) is 41.2. The van der Waals surface area contributed by atoms with Gasteiger partial charge in [0.15, 0.2) is 12.2 Å². The van der Waals surface area contributed by atoms with Gasteiger partial charge < -0.3 is 33.8 Å². The van der Waals surface area contributed by atoms with E-state index in [1.165, 1.54) is 103 Å². The molecule has 96 heavy (non-hydrogen) atoms. The molecule has 0 aliphatic heterocycles. The van der Waals surface area contributed by atoms with Gasteiger partial charge in [-0.25, -0.2) is 9.13 Å². The summed E-state index contributed by atoms with van der Waals surface area (Å²) in [5.41, 5.74) is 0. The van der Waals surface area contributed by atoms with E-state index in [9.17, 15) is 43.2 Å². The van der Waals surface area contributed by atoms with Crippen LogP contribution in [0.3, 0.4) is 0 Å². The van der Waals surface area contributed by atoms with Gasteiger partial charge >= 0.3 is 39.5 Å². The second-order valence-electron chi connectivity index (χ2n) is 25.6. The number of rotatable bonds is 72. The number of allylic oxidation sites excluding steroid dienone is 12. The molecule has 0 saturated heterocycles. The smallest absolute Gasteiger partial charge is 0.462 e. The third kappa shape index (κ3) is 69.0. The van der Waals surface area contributed by atoms with Crippen LogP contribution < -0.4 is 0 Å². The number of aliphatic hydroxyl groups is 1. The van der Waals surface area contributed by atoms with Crippen molar-refractivity contribution in [3.8, 4) is 0 Å². The van der Waals surface area contributed by atoms with Gasteiger partial charge in [-0.1, -0.05) is 287 Å². The maximum absolute atomic E-state index is 13.1. The fraction of sp³-hybridized carbons (Fsp3) is 0.792. The highest BCUT2D eigenvalue weighted by molar-refractivity contribution is 7.47. The van der Waals surface area contributed by atoms with E-state index >= 15 is 0 Å². The minimum atomic E-state index is -4.97. The van der Waals surface area contributed by atoms with E-state index in [1.807, 2.05) is 0 Å². The Bertz CT molecular complexity index is 2110. The zero-order valence-corrected chi connectivity index (χ0v) is 62.6. The summed E-state index contributed by atoms with van der Waals surface area (Å²) in [6.45, 7) is 4.73. The highest BCUT2D eigenvalue weighted by Gasteiger charge is 2.30. The van der Waals surface area contributed by atoms with Crippen LogP contribution in [-0.2, 0) is 65.4 Å². The van der Waals surface area contributed by atoms with E-state index < -0.39 is 97.5 Å². The predicted molar refractivity (Wildman–Crippen MR) is 390 cm³/mol. The summed E-state index contributed by atoms with van der Waals surface area (Å²) in [6, 6.07) is 0. The molecular formula is C77H138O17P2. The summed E-state index contributed by atoms with van der Waals surface area (Å²) in [4.78, 5) is 72.7. The van der Waals surface area contributed by atoms with E-state index in [0.29, 0.717) is 25.7 Å². The zero-order valence-electron chi connectivity index (χ0n) is 60.8. The molecule has 0 fully saturated rings. The van der Waals surface area contributed by atoms with Gasteiger partial charge in [-0.3, -0.25) is 37.3 Å². The topological polar surface area (TPSA) is 237 Å². The molecule has 558 valence electrons. The van der Waals surface area contributed by atoms with Crippen molar-refractivity contribution in [1.29, 1.82) is 0 Å². The number of carbonyl (C=O) groups is 4. The average Bonchev–Trinajstić information content (AvgIpc) is 1.41. The fourth-order valence-electron chi connectivity index (χ4n) is 10.4. The van der Waals surface area contributed by atoms with Crippen molar-refractivity contribution in [3.05, 3.63) is 72.9 Å². The summed E-state index contributed by atoms with van der Waals surface area (Å²) < 4.78 is 68.4. The minimum absolute atomic E-state index is 0.0779. The fourth-order valence-corrected chi connectivity index (χ4v) is 11.9. The maximum atomic E-state index is 13.1. The Balaban J connectivity index is 5.31. The Morgan fingerprint density at radius 3 is 0.854 bits per heavy atom. The number of hydrogen-bond acceptors (Lipinski definition) is 15. The Morgan fingerprint density at radius 2 is 0.542 bits per heavy atom. The van der Waals surface area contributed by atoms with Crippen LogP contribution in [0.1, 0.15) is 336 Å². The van der Waals surface area contributed by atoms with Gasteiger partial charge in [0.2, 0.25) is 0 Å². The first-order chi connectivity index (χ1) is 46.7. The lowest BCUT2D eigenvalue weighted by Crippen LogP contribution is -2.30. The Kier molecular flexibility index (Phi) is 67.4. The van der Waals surface area contributed by atoms with E-state index in [0.717, 1.165) is 154 Å². The lowest BCUT2D eigenvalue weighted by molar-refractivity contribution is -0.161. The number of aliphatic hydroxyl groups excluding tert-OH is 1. The number of esters is 4. The van der Waals surface area contributed by atoms with E-state index in [-0.39, 0.29) is 25.7 Å². The second kappa shape index (κ2) is 70.0. The molecular weight excluding hydrogens is 1260 g/mol. The first-order valence-electron chi connectivity index (χ1n) is 38.2. The summed E-state index contributed by atoms with van der Waals surface area (Å²) in [5, 5.41) is 10.6. The molecule has 0 rings (SSSR count). The van der Waals surface area contributed by atoms with Crippen LogP contribution in [0.25, 0.3) is 0 Å². The average molecular weight is 1400 g/mol. The standard InChI is InChI=1S/C77H138O17P2/c1-5-9-13-17-21-25-29-31-33-34-35-36-38-39-43-46-50-54-58-62-75(80)88-68-73(94-77(82)64-60-56-52-48-44-40-37-32-30-26-22-18-14-10-6-2)70-92-96(85,86)90-66-71(78)65-89-95(83,84)91-69-72(93-76(81)63-59-55-51-47-42-28-24-20-16-12-8-4)67-87-74(79)61-57-53-49-45-41-27-23-19-15-11-7-3/h9,13,21-22,25-26,31-33,35-37,71-73,78H,5-8,10-12,14-20,23-24,27-30,34,38-70H2,1-4H3,(H,83,84)(H,85,86)/b13-9-,25-21-,26-22-,33-31-,36-35-,37-32-. The van der Waals surface area contributed by atoms with Gasteiger partial charge in [0.1, 0.15) is 19.3 Å². The lowest BCUT2D eigenvalue weighted by atomic mass is 10.1. The molecule has 0 spiro atoms. The number of phosphoric acid groups is 2. The molecule has 0 bridgehead atoms. The van der Waals surface area contributed by atoms with Crippen LogP contribution in [-0.4, -0.2) is 96.7 Å². The molecule has 5 unspecified atom stereocenters. The third-order valence-corrected chi connectivity index (χ3v) is 18.1. The van der Waals surface area contributed by atoms with E-state index in [2.05, 4.69) is 101 Å². The van der Waals surface area contributed by atoms with Crippen LogP contribution in [0.4, 0.5) is 0 Å². The number of hydrogen-bond donors (Lipinski definition) is 3. The quantitative estimate of drug-likeness (QED) is 0.0169. The maximum Gasteiger partial charge on any atom is 0.472 e. The van der Waals surface area contributed by atoms with Crippen LogP contribution in [0.15, 0.2) is 72.9 Å². The van der Waals surface area contributed by atoms with Gasteiger partial charge in [-0.15, -0.1) is 0 Å².